The first-order valence-electron chi connectivity index (χ1n) is 9.10. The third-order valence-electron chi connectivity index (χ3n) is 3.69. The van der Waals surface area contributed by atoms with E-state index in [9.17, 15) is 9.59 Å². The first kappa shape index (κ1) is 24.0. The summed E-state index contributed by atoms with van der Waals surface area (Å²) in [5.74, 6) is 0.350. The summed E-state index contributed by atoms with van der Waals surface area (Å²) in [5.41, 5.74) is 3.12. The fourth-order valence-corrected chi connectivity index (χ4v) is 2.81. The van der Waals surface area contributed by atoms with Crippen LogP contribution in [0.1, 0.15) is 19.4 Å². The zero-order chi connectivity index (χ0) is 21.5. The highest BCUT2D eigenvalue weighted by Gasteiger charge is 2.05. The number of benzene rings is 1. The van der Waals surface area contributed by atoms with Crippen molar-refractivity contribution in [3.05, 3.63) is 77.5 Å². The van der Waals surface area contributed by atoms with Gasteiger partial charge in [-0.1, -0.05) is 30.9 Å². The topological polar surface area (TPSA) is 82.6 Å². The molecule has 1 aromatic rings. The van der Waals surface area contributed by atoms with E-state index in [4.69, 9.17) is 0 Å². The largest absolute Gasteiger partial charge is 0.379 e. The quantitative estimate of drug-likeness (QED) is 0.262. The predicted molar refractivity (Wildman–Crippen MR) is 124 cm³/mol. The molecular formula is C22H28N4O2S. The van der Waals surface area contributed by atoms with Gasteiger partial charge in [-0.25, -0.2) is 0 Å². The highest BCUT2D eigenvalue weighted by Crippen LogP contribution is 2.11. The van der Waals surface area contributed by atoms with Crippen LogP contribution in [0, 0.1) is 0 Å². The number of carbonyl (C=O) groups excluding carboxylic acids is 2. The van der Waals surface area contributed by atoms with Crippen molar-refractivity contribution in [3.8, 4) is 0 Å². The molecule has 2 amide bonds. The molecule has 7 heteroatoms. The van der Waals surface area contributed by atoms with Crippen LogP contribution in [0.25, 0.3) is 0 Å². The number of anilines is 1. The molecule has 0 radical (unpaired) electrons. The lowest BCUT2D eigenvalue weighted by molar-refractivity contribution is -0.118. The minimum absolute atomic E-state index is 0.0291. The molecule has 0 aliphatic carbocycles. The van der Waals surface area contributed by atoms with Crippen LogP contribution in [0.15, 0.2) is 76.9 Å². The Labute approximate surface area is 177 Å². The SMILES string of the molecule is C=C/C(N=C)=C(\C=C/C(C)NC(=O)CS/C=C\C)NCc1ccc(NC=O)cc1. The number of hydrogen-bond donors (Lipinski definition) is 3. The second kappa shape index (κ2) is 14.0. The Balaban J connectivity index is 2.75. The third-order valence-corrected chi connectivity index (χ3v) is 4.58. The van der Waals surface area contributed by atoms with Crippen LogP contribution in [0.3, 0.4) is 0 Å². The standard InChI is InChI=1S/C22H28N4O2S/c1-5-13-29-15-22(28)26-17(3)7-12-21(20(6-2)23-4)24-14-18-8-10-19(11-9-18)25-16-27/h5-13,16-17,24H,2,4,14-15H2,1,3H3,(H,25,27)(H,26,28)/b12-7-,13-5-,21-20-. The van der Waals surface area contributed by atoms with Gasteiger partial charge in [-0.3, -0.25) is 14.6 Å². The van der Waals surface area contributed by atoms with Crippen LogP contribution in [0.4, 0.5) is 5.69 Å². The second-order valence-corrected chi connectivity index (χ2v) is 6.86. The summed E-state index contributed by atoms with van der Waals surface area (Å²) in [5, 5.41) is 10.7. The molecule has 1 unspecified atom stereocenters. The van der Waals surface area contributed by atoms with Gasteiger partial charge < -0.3 is 16.0 Å². The van der Waals surface area contributed by atoms with Crippen molar-refractivity contribution in [2.45, 2.75) is 26.4 Å². The van der Waals surface area contributed by atoms with Crippen LogP contribution in [-0.2, 0) is 16.1 Å². The highest BCUT2D eigenvalue weighted by molar-refractivity contribution is 8.02. The number of nitrogens with zero attached hydrogens (tertiary/aromatic N) is 1. The van der Waals surface area contributed by atoms with Gasteiger partial charge >= 0.3 is 0 Å². The first-order chi connectivity index (χ1) is 14.0. The minimum Gasteiger partial charge on any atom is -0.379 e. The Morgan fingerprint density at radius 2 is 2.03 bits per heavy atom. The number of thioether (sulfide) groups is 1. The molecule has 29 heavy (non-hydrogen) atoms. The smallest absolute Gasteiger partial charge is 0.230 e. The van der Waals surface area contributed by atoms with E-state index in [1.807, 2.05) is 61.7 Å². The maximum absolute atomic E-state index is 11.9. The normalized spacial score (nSPS) is 12.9. The van der Waals surface area contributed by atoms with Crippen molar-refractivity contribution in [2.24, 2.45) is 4.99 Å². The molecule has 0 fully saturated rings. The molecule has 3 N–H and O–H groups in total. The van der Waals surface area contributed by atoms with Crippen LogP contribution in [-0.4, -0.2) is 30.8 Å². The van der Waals surface area contributed by atoms with E-state index < -0.39 is 0 Å². The molecule has 0 aliphatic rings. The Morgan fingerprint density at radius 1 is 1.31 bits per heavy atom. The van der Waals surface area contributed by atoms with Crippen molar-refractivity contribution < 1.29 is 9.59 Å². The maximum Gasteiger partial charge on any atom is 0.230 e. The Hall–Kier alpha value is -3.06. The molecule has 0 heterocycles. The lowest BCUT2D eigenvalue weighted by Crippen LogP contribution is -2.32. The zero-order valence-electron chi connectivity index (χ0n) is 16.9. The van der Waals surface area contributed by atoms with Gasteiger partial charge in [0.05, 0.1) is 17.1 Å². The van der Waals surface area contributed by atoms with Gasteiger partial charge in [-0.05, 0) is 55.8 Å². The number of aliphatic imine (C=N–C) groups is 1. The zero-order valence-corrected chi connectivity index (χ0v) is 17.7. The molecule has 0 saturated heterocycles. The van der Waals surface area contributed by atoms with E-state index >= 15 is 0 Å². The summed E-state index contributed by atoms with van der Waals surface area (Å²) in [4.78, 5) is 26.4. The number of amides is 2. The van der Waals surface area contributed by atoms with Gasteiger partial charge in [0.2, 0.25) is 12.3 Å². The summed E-state index contributed by atoms with van der Waals surface area (Å²) in [6.07, 6.45) is 7.90. The van der Waals surface area contributed by atoms with Gasteiger partial charge in [0.25, 0.3) is 0 Å². The molecule has 0 aliphatic heterocycles. The van der Waals surface area contributed by atoms with Gasteiger partial charge in [0, 0.05) is 18.3 Å². The van der Waals surface area contributed by atoms with E-state index in [2.05, 4.69) is 34.2 Å². The summed E-state index contributed by atoms with van der Waals surface area (Å²) in [6.45, 7) is 11.7. The first-order valence-corrected chi connectivity index (χ1v) is 10.2. The van der Waals surface area contributed by atoms with E-state index in [1.54, 1.807) is 6.08 Å². The molecule has 6 nitrogen and oxygen atoms in total. The molecule has 1 aromatic carbocycles. The third kappa shape index (κ3) is 9.62. The Bertz CT molecular complexity index is 773. The van der Waals surface area contributed by atoms with Gasteiger partial charge in [-0.2, -0.15) is 0 Å². The summed E-state index contributed by atoms with van der Waals surface area (Å²) in [7, 11) is 0. The summed E-state index contributed by atoms with van der Waals surface area (Å²) in [6, 6.07) is 7.35. The lowest BCUT2D eigenvalue weighted by Gasteiger charge is -2.12. The molecule has 0 aromatic heterocycles. The fourth-order valence-electron chi connectivity index (χ4n) is 2.28. The molecular weight excluding hydrogens is 384 g/mol. The number of nitrogens with one attached hydrogen (secondary N) is 3. The number of carbonyl (C=O) groups is 2. The van der Waals surface area contributed by atoms with Crippen LogP contribution >= 0.6 is 11.8 Å². The average Bonchev–Trinajstić information content (AvgIpc) is 2.71. The molecule has 0 bridgehead atoms. The molecule has 1 rings (SSSR count). The van der Waals surface area contributed by atoms with Crippen molar-refractivity contribution >= 4 is 36.5 Å². The monoisotopic (exact) mass is 412 g/mol. The Kier molecular flexibility index (Phi) is 11.6. The van der Waals surface area contributed by atoms with E-state index in [-0.39, 0.29) is 11.9 Å². The highest BCUT2D eigenvalue weighted by atomic mass is 32.2. The van der Waals surface area contributed by atoms with Gasteiger partial charge in [0.1, 0.15) is 0 Å². The second-order valence-electron chi connectivity index (χ2n) is 5.97. The Morgan fingerprint density at radius 3 is 2.62 bits per heavy atom. The van der Waals surface area contributed by atoms with E-state index in [0.717, 1.165) is 16.9 Å². The van der Waals surface area contributed by atoms with Crippen molar-refractivity contribution in [1.29, 1.82) is 0 Å². The molecule has 0 spiro atoms. The maximum atomic E-state index is 11.9. The van der Waals surface area contributed by atoms with Gasteiger partial charge in [0.15, 0.2) is 0 Å². The number of rotatable bonds is 13. The van der Waals surface area contributed by atoms with E-state index in [0.29, 0.717) is 24.4 Å². The number of allylic oxidation sites excluding steroid dienone is 3. The van der Waals surface area contributed by atoms with Gasteiger partial charge in [-0.15, -0.1) is 11.8 Å². The van der Waals surface area contributed by atoms with Crippen LogP contribution in [0.2, 0.25) is 0 Å². The van der Waals surface area contributed by atoms with Crippen molar-refractivity contribution in [2.75, 3.05) is 11.1 Å². The lowest BCUT2D eigenvalue weighted by atomic mass is 10.2. The summed E-state index contributed by atoms with van der Waals surface area (Å²) < 4.78 is 0. The minimum atomic E-state index is -0.143. The molecule has 1 atom stereocenters. The van der Waals surface area contributed by atoms with E-state index in [1.165, 1.54) is 11.8 Å². The predicted octanol–water partition coefficient (Wildman–Crippen LogP) is 3.77. The average molecular weight is 413 g/mol. The molecule has 154 valence electrons. The molecule has 0 saturated carbocycles. The van der Waals surface area contributed by atoms with Crippen molar-refractivity contribution in [3.63, 3.8) is 0 Å². The summed E-state index contributed by atoms with van der Waals surface area (Å²) >= 11 is 1.45. The van der Waals surface area contributed by atoms with Crippen LogP contribution < -0.4 is 16.0 Å². The number of hydrogen-bond acceptors (Lipinski definition) is 5. The van der Waals surface area contributed by atoms with Crippen molar-refractivity contribution in [1.82, 2.24) is 10.6 Å². The van der Waals surface area contributed by atoms with Crippen LogP contribution in [0.5, 0.6) is 0 Å². The fraction of sp³-hybridized carbons (Fsp3) is 0.227.